The summed E-state index contributed by atoms with van der Waals surface area (Å²) in [5.41, 5.74) is 2.34. The molecule has 0 N–H and O–H groups in total. The van der Waals surface area contributed by atoms with E-state index >= 15 is 0 Å². The smallest absolute Gasteiger partial charge is 0.147 e. The summed E-state index contributed by atoms with van der Waals surface area (Å²) in [4.78, 5) is 11.0. The van der Waals surface area contributed by atoms with Gasteiger partial charge in [0.15, 0.2) is 0 Å². The van der Waals surface area contributed by atoms with Crippen LogP contribution in [0.2, 0.25) is 0 Å². The summed E-state index contributed by atoms with van der Waals surface area (Å²) in [6, 6.07) is 16.1. The monoisotopic (exact) mass is 413 g/mol. The number of anilines is 1. The third-order valence-corrected chi connectivity index (χ3v) is 4.41. The Morgan fingerprint density at radius 2 is 1.27 bits per heavy atom. The lowest BCUT2D eigenvalue weighted by molar-refractivity contribution is 0.414. The first kappa shape index (κ1) is 18.2. The fourth-order valence-electron chi connectivity index (χ4n) is 2.59. The maximum Gasteiger partial charge on any atom is 0.147 e. The van der Waals surface area contributed by atoms with Gasteiger partial charge in [-0.2, -0.15) is 0 Å². The Kier molecular flexibility index (Phi) is 6.07. The van der Waals surface area contributed by atoms with Crippen molar-refractivity contribution >= 4 is 21.7 Å². The molecule has 0 radical (unpaired) electrons. The van der Waals surface area contributed by atoms with Gasteiger partial charge in [-0.15, -0.1) is 0 Å². The zero-order chi connectivity index (χ0) is 18.4. The van der Waals surface area contributed by atoms with Crippen LogP contribution in [0.3, 0.4) is 0 Å². The van der Waals surface area contributed by atoms with Gasteiger partial charge < -0.3 is 14.4 Å². The first-order chi connectivity index (χ1) is 12.7. The van der Waals surface area contributed by atoms with Crippen molar-refractivity contribution in [3.8, 4) is 11.5 Å². The number of halogens is 1. The first-order valence-corrected chi connectivity index (χ1v) is 8.95. The highest BCUT2D eigenvalue weighted by Gasteiger charge is 2.11. The Bertz CT molecular complexity index is 772. The molecular formula is C20H20BrN3O2. The molecule has 0 spiro atoms. The van der Waals surface area contributed by atoms with E-state index in [1.54, 1.807) is 26.6 Å². The van der Waals surface area contributed by atoms with E-state index in [0.29, 0.717) is 13.1 Å². The fourth-order valence-corrected chi connectivity index (χ4v) is 2.79. The van der Waals surface area contributed by atoms with Crippen LogP contribution in [0.5, 0.6) is 11.5 Å². The van der Waals surface area contributed by atoms with Gasteiger partial charge in [0, 0.05) is 13.1 Å². The lowest BCUT2D eigenvalue weighted by atomic mass is 10.1. The van der Waals surface area contributed by atoms with Crippen molar-refractivity contribution in [1.82, 2.24) is 9.97 Å². The number of aromatic nitrogens is 2. The van der Waals surface area contributed by atoms with Gasteiger partial charge >= 0.3 is 0 Å². The van der Waals surface area contributed by atoms with E-state index in [4.69, 9.17) is 9.47 Å². The van der Waals surface area contributed by atoms with Crippen molar-refractivity contribution in [3.63, 3.8) is 0 Å². The van der Waals surface area contributed by atoms with E-state index in [2.05, 4.69) is 55.1 Å². The minimum absolute atomic E-state index is 0.715. The zero-order valence-corrected chi connectivity index (χ0v) is 16.3. The summed E-state index contributed by atoms with van der Waals surface area (Å²) in [7, 11) is 3.34. The summed E-state index contributed by atoms with van der Waals surface area (Å²) in [5, 5.41) is 0. The van der Waals surface area contributed by atoms with Crippen molar-refractivity contribution in [3.05, 3.63) is 76.7 Å². The molecule has 3 aromatic rings. The predicted molar refractivity (Wildman–Crippen MR) is 106 cm³/mol. The van der Waals surface area contributed by atoms with Crippen LogP contribution >= 0.6 is 15.9 Å². The standard InChI is InChI=1S/C20H20BrN3O2/c1-25-17-7-3-15(4-8-17)13-24(20-12-22-19(21)11-23-20)14-16-5-9-18(26-2)10-6-16/h3-12H,13-14H2,1-2H3. The van der Waals surface area contributed by atoms with Crippen LogP contribution < -0.4 is 14.4 Å². The SMILES string of the molecule is COc1ccc(CN(Cc2ccc(OC)cc2)c2cnc(Br)cn2)cc1. The Hall–Kier alpha value is -2.60. The molecule has 3 rings (SSSR count). The summed E-state index contributed by atoms with van der Waals surface area (Å²) >= 11 is 3.34. The molecule has 0 unspecified atom stereocenters. The van der Waals surface area contributed by atoms with E-state index in [-0.39, 0.29) is 0 Å². The maximum absolute atomic E-state index is 5.24. The van der Waals surface area contributed by atoms with Gasteiger partial charge in [-0.25, -0.2) is 9.97 Å². The summed E-state index contributed by atoms with van der Waals surface area (Å²) in [5.74, 6) is 2.51. The molecule has 0 bridgehead atoms. The molecule has 0 fully saturated rings. The lowest BCUT2D eigenvalue weighted by Gasteiger charge is -2.24. The molecule has 6 heteroatoms. The number of hydrogen-bond donors (Lipinski definition) is 0. The van der Waals surface area contributed by atoms with Gasteiger partial charge in [0.2, 0.25) is 0 Å². The molecule has 0 saturated carbocycles. The second kappa shape index (κ2) is 8.67. The van der Waals surface area contributed by atoms with Gasteiger partial charge in [-0.3, -0.25) is 0 Å². The molecule has 0 amide bonds. The van der Waals surface area contributed by atoms with E-state index in [1.165, 1.54) is 11.1 Å². The molecule has 0 saturated heterocycles. The highest BCUT2D eigenvalue weighted by atomic mass is 79.9. The quantitative estimate of drug-likeness (QED) is 0.571. The van der Waals surface area contributed by atoms with Gasteiger partial charge in [0.25, 0.3) is 0 Å². The van der Waals surface area contributed by atoms with E-state index in [1.807, 2.05) is 24.3 Å². The second-order valence-corrected chi connectivity index (χ2v) is 6.56. The van der Waals surface area contributed by atoms with Crippen LogP contribution in [0, 0.1) is 0 Å². The molecule has 2 aromatic carbocycles. The van der Waals surface area contributed by atoms with Crippen LogP contribution in [0.1, 0.15) is 11.1 Å². The third-order valence-electron chi connectivity index (χ3n) is 4.00. The molecular weight excluding hydrogens is 394 g/mol. The van der Waals surface area contributed by atoms with Crippen LogP contribution in [-0.2, 0) is 13.1 Å². The van der Waals surface area contributed by atoms with Crippen LogP contribution in [0.4, 0.5) is 5.82 Å². The normalized spacial score (nSPS) is 10.4. The van der Waals surface area contributed by atoms with Crippen molar-refractivity contribution in [1.29, 1.82) is 0 Å². The number of rotatable bonds is 7. The van der Waals surface area contributed by atoms with Gasteiger partial charge in [-0.1, -0.05) is 24.3 Å². The van der Waals surface area contributed by atoms with Crippen molar-refractivity contribution in [2.24, 2.45) is 0 Å². The molecule has 26 heavy (non-hydrogen) atoms. The first-order valence-electron chi connectivity index (χ1n) is 8.16. The molecule has 0 aliphatic carbocycles. The molecule has 5 nitrogen and oxygen atoms in total. The van der Waals surface area contributed by atoms with Crippen molar-refractivity contribution in [2.45, 2.75) is 13.1 Å². The van der Waals surface area contributed by atoms with Gasteiger partial charge in [0.1, 0.15) is 21.9 Å². The highest BCUT2D eigenvalue weighted by molar-refractivity contribution is 9.10. The topological polar surface area (TPSA) is 47.5 Å². The van der Waals surface area contributed by atoms with Crippen LogP contribution in [0.15, 0.2) is 65.5 Å². The minimum Gasteiger partial charge on any atom is -0.497 e. The average molecular weight is 414 g/mol. The molecule has 1 aromatic heterocycles. The number of methoxy groups -OCH3 is 2. The van der Waals surface area contributed by atoms with E-state index in [9.17, 15) is 0 Å². The van der Waals surface area contributed by atoms with Crippen molar-refractivity contribution in [2.75, 3.05) is 19.1 Å². The van der Waals surface area contributed by atoms with Crippen molar-refractivity contribution < 1.29 is 9.47 Å². The average Bonchev–Trinajstić information content (AvgIpc) is 2.69. The van der Waals surface area contributed by atoms with E-state index in [0.717, 1.165) is 21.9 Å². The molecule has 1 heterocycles. The Morgan fingerprint density at radius 1 is 0.769 bits per heavy atom. The largest absolute Gasteiger partial charge is 0.497 e. The van der Waals surface area contributed by atoms with Gasteiger partial charge in [0.05, 0.1) is 26.6 Å². The number of ether oxygens (including phenoxy) is 2. The fraction of sp³-hybridized carbons (Fsp3) is 0.200. The molecule has 0 aliphatic heterocycles. The summed E-state index contributed by atoms with van der Waals surface area (Å²) < 4.78 is 11.2. The molecule has 134 valence electrons. The predicted octanol–water partition coefficient (Wildman–Crippen LogP) is 4.46. The van der Waals surface area contributed by atoms with E-state index < -0.39 is 0 Å². The summed E-state index contributed by atoms with van der Waals surface area (Å²) in [6.45, 7) is 1.43. The number of nitrogens with zero attached hydrogens (tertiary/aromatic N) is 3. The Morgan fingerprint density at radius 3 is 1.65 bits per heavy atom. The zero-order valence-electron chi connectivity index (χ0n) is 14.7. The highest BCUT2D eigenvalue weighted by Crippen LogP contribution is 2.21. The number of benzene rings is 2. The lowest BCUT2D eigenvalue weighted by Crippen LogP contribution is -2.23. The Balaban J connectivity index is 1.83. The second-order valence-electron chi connectivity index (χ2n) is 5.75. The number of hydrogen-bond acceptors (Lipinski definition) is 5. The minimum atomic E-state index is 0.715. The summed E-state index contributed by atoms with van der Waals surface area (Å²) in [6.07, 6.45) is 3.49. The van der Waals surface area contributed by atoms with Gasteiger partial charge in [-0.05, 0) is 51.3 Å². The molecule has 0 atom stereocenters. The van der Waals surface area contributed by atoms with Crippen LogP contribution in [0.25, 0.3) is 0 Å². The third kappa shape index (κ3) is 4.73. The Labute approximate surface area is 161 Å². The molecule has 0 aliphatic rings. The maximum atomic E-state index is 5.24. The van der Waals surface area contributed by atoms with Crippen LogP contribution in [-0.4, -0.2) is 24.2 Å².